The molecule has 15 heavy (non-hydrogen) atoms. The van der Waals surface area contributed by atoms with E-state index in [9.17, 15) is 0 Å². The van der Waals surface area contributed by atoms with Crippen molar-refractivity contribution in [1.82, 2.24) is 4.98 Å². The Balaban J connectivity index is 3.11. The second kappa shape index (κ2) is 5.69. The summed E-state index contributed by atoms with van der Waals surface area (Å²) in [5.41, 5.74) is 3.85. The molecule has 1 heteroatoms. The molecule has 0 saturated carbocycles. The van der Waals surface area contributed by atoms with Gasteiger partial charge in [-0.2, -0.15) is 0 Å². The predicted molar refractivity (Wildman–Crippen MR) is 66.9 cm³/mol. The zero-order valence-corrected chi connectivity index (χ0v) is 10.2. The minimum absolute atomic E-state index is 0.592. The lowest BCUT2D eigenvalue weighted by atomic mass is 9.94. The summed E-state index contributed by atoms with van der Waals surface area (Å²) < 4.78 is 0. The standard InChI is InChI=1S/C14H21N/c1-5-8-12(4)14-13(11(3)6-2)9-7-10-15-14/h7-11H,5-6H2,1-4H3/b12-8+. The second-order valence-corrected chi connectivity index (χ2v) is 4.05. The Hall–Kier alpha value is -1.11. The van der Waals surface area contributed by atoms with Crippen molar-refractivity contribution in [3.8, 4) is 0 Å². The summed E-state index contributed by atoms with van der Waals surface area (Å²) in [7, 11) is 0. The van der Waals surface area contributed by atoms with E-state index in [1.54, 1.807) is 0 Å². The van der Waals surface area contributed by atoms with Crippen molar-refractivity contribution in [3.05, 3.63) is 35.7 Å². The van der Waals surface area contributed by atoms with E-state index in [1.165, 1.54) is 16.8 Å². The second-order valence-electron chi connectivity index (χ2n) is 4.05. The Morgan fingerprint density at radius 2 is 2.20 bits per heavy atom. The molecule has 1 heterocycles. The van der Waals surface area contributed by atoms with Crippen LogP contribution in [0.3, 0.4) is 0 Å². The van der Waals surface area contributed by atoms with Crippen molar-refractivity contribution < 1.29 is 0 Å². The molecule has 1 rings (SSSR count). The Morgan fingerprint density at radius 3 is 2.80 bits per heavy atom. The number of pyridine rings is 1. The van der Waals surface area contributed by atoms with Crippen LogP contribution in [-0.4, -0.2) is 4.98 Å². The van der Waals surface area contributed by atoms with Gasteiger partial charge in [-0.15, -0.1) is 0 Å². The topological polar surface area (TPSA) is 12.9 Å². The summed E-state index contributed by atoms with van der Waals surface area (Å²) >= 11 is 0. The summed E-state index contributed by atoms with van der Waals surface area (Å²) in [5, 5.41) is 0. The van der Waals surface area contributed by atoms with Crippen molar-refractivity contribution in [1.29, 1.82) is 0 Å². The zero-order valence-electron chi connectivity index (χ0n) is 10.2. The SMILES string of the molecule is CC/C=C(\C)c1ncccc1C(C)CC. The molecular formula is C14H21N. The maximum absolute atomic E-state index is 4.50. The Morgan fingerprint density at radius 1 is 1.47 bits per heavy atom. The van der Waals surface area contributed by atoms with Crippen molar-refractivity contribution in [2.75, 3.05) is 0 Å². The van der Waals surface area contributed by atoms with Gasteiger partial charge in [0.05, 0.1) is 5.69 Å². The van der Waals surface area contributed by atoms with E-state index in [0.717, 1.165) is 12.8 Å². The van der Waals surface area contributed by atoms with Crippen LogP contribution in [0.2, 0.25) is 0 Å². The molecule has 0 amide bonds. The van der Waals surface area contributed by atoms with E-state index in [2.05, 4.69) is 44.8 Å². The number of aromatic nitrogens is 1. The molecule has 1 nitrogen and oxygen atoms in total. The molecule has 0 fully saturated rings. The summed E-state index contributed by atoms with van der Waals surface area (Å²) in [5.74, 6) is 0.592. The van der Waals surface area contributed by atoms with E-state index in [0.29, 0.717) is 5.92 Å². The Bertz CT molecular complexity index is 339. The van der Waals surface area contributed by atoms with Gasteiger partial charge in [-0.25, -0.2) is 0 Å². The third-order valence-corrected chi connectivity index (χ3v) is 2.87. The highest BCUT2D eigenvalue weighted by Crippen LogP contribution is 2.25. The predicted octanol–water partition coefficient (Wildman–Crippen LogP) is 4.41. The van der Waals surface area contributed by atoms with Crippen LogP contribution in [0.4, 0.5) is 0 Å². The van der Waals surface area contributed by atoms with E-state index >= 15 is 0 Å². The quantitative estimate of drug-likeness (QED) is 0.706. The van der Waals surface area contributed by atoms with Gasteiger partial charge in [-0.3, -0.25) is 4.98 Å². The van der Waals surface area contributed by atoms with E-state index in [4.69, 9.17) is 0 Å². The summed E-state index contributed by atoms with van der Waals surface area (Å²) in [4.78, 5) is 4.50. The molecule has 0 N–H and O–H groups in total. The molecule has 0 bridgehead atoms. The summed E-state index contributed by atoms with van der Waals surface area (Å²) in [6.07, 6.45) is 6.36. The molecule has 0 aliphatic rings. The molecule has 0 radical (unpaired) electrons. The molecule has 0 aromatic carbocycles. The maximum atomic E-state index is 4.50. The number of allylic oxidation sites excluding steroid dienone is 2. The number of hydrogen-bond acceptors (Lipinski definition) is 1. The third kappa shape index (κ3) is 2.92. The van der Waals surface area contributed by atoms with Crippen LogP contribution in [0.15, 0.2) is 24.4 Å². The average molecular weight is 203 g/mol. The first-order valence-electron chi connectivity index (χ1n) is 5.82. The van der Waals surface area contributed by atoms with Gasteiger partial charge in [0.1, 0.15) is 0 Å². The normalized spacial score (nSPS) is 14.0. The highest BCUT2D eigenvalue weighted by atomic mass is 14.7. The Kier molecular flexibility index (Phi) is 4.54. The van der Waals surface area contributed by atoms with Crippen LogP contribution < -0.4 is 0 Å². The molecular weight excluding hydrogens is 182 g/mol. The lowest BCUT2D eigenvalue weighted by Gasteiger charge is -2.14. The van der Waals surface area contributed by atoms with Crippen LogP contribution in [0.25, 0.3) is 5.57 Å². The minimum atomic E-state index is 0.592. The number of hydrogen-bond donors (Lipinski definition) is 0. The first kappa shape index (κ1) is 12.0. The first-order valence-corrected chi connectivity index (χ1v) is 5.82. The van der Waals surface area contributed by atoms with E-state index in [-0.39, 0.29) is 0 Å². The number of nitrogens with zero attached hydrogens (tertiary/aromatic N) is 1. The lowest BCUT2D eigenvalue weighted by molar-refractivity contribution is 0.726. The van der Waals surface area contributed by atoms with E-state index in [1.807, 2.05) is 12.3 Å². The largest absolute Gasteiger partial charge is 0.256 e. The van der Waals surface area contributed by atoms with Crippen molar-refractivity contribution >= 4 is 5.57 Å². The lowest BCUT2D eigenvalue weighted by Crippen LogP contribution is -1.99. The van der Waals surface area contributed by atoms with Crippen LogP contribution >= 0.6 is 0 Å². The van der Waals surface area contributed by atoms with Crippen molar-refractivity contribution in [2.45, 2.75) is 46.5 Å². The fourth-order valence-corrected chi connectivity index (χ4v) is 1.77. The van der Waals surface area contributed by atoms with Gasteiger partial charge in [0.15, 0.2) is 0 Å². The summed E-state index contributed by atoms with van der Waals surface area (Å²) in [6.45, 7) is 8.80. The third-order valence-electron chi connectivity index (χ3n) is 2.87. The number of rotatable bonds is 4. The summed E-state index contributed by atoms with van der Waals surface area (Å²) in [6, 6.07) is 4.23. The van der Waals surface area contributed by atoms with Gasteiger partial charge in [-0.05, 0) is 42.9 Å². The first-order chi connectivity index (χ1) is 7.20. The highest BCUT2D eigenvalue weighted by molar-refractivity contribution is 5.63. The smallest absolute Gasteiger partial charge is 0.0690 e. The molecule has 0 aliphatic carbocycles. The van der Waals surface area contributed by atoms with E-state index < -0.39 is 0 Å². The molecule has 1 aromatic heterocycles. The Labute approximate surface area is 93.2 Å². The van der Waals surface area contributed by atoms with Crippen LogP contribution in [-0.2, 0) is 0 Å². The van der Waals surface area contributed by atoms with Gasteiger partial charge in [0.25, 0.3) is 0 Å². The molecule has 1 aromatic rings. The molecule has 0 spiro atoms. The van der Waals surface area contributed by atoms with Crippen LogP contribution in [0, 0.1) is 0 Å². The fourth-order valence-electron chi connectivity index (χ4n) is 1.77. The molecule has 0 aliphatic heterocycles. The minimum Gasteiger partial charge on any atom is -0.256 e. The monoisotopic (exact) mass is 203 g/mol. The van der Waals surface area contributed by atoms with Crippen LogP contribution in [0.1, 0.15) is 57.7 Å². The van der Waals surface area contributed by atoms with Gasteiger partial charge >= 0.3 is 0 Å². The molecule has 1 unspecified atom stereocenters. The van der Waals surface area contributed by atoms with Gasteiger partial charge in [0, 0.05) is 6.20 Å². The maximum Gasteiger partial charge on any atom is 0.0690 e. The van der Waals surface area contributed by atoms with Gasteiger partial charge < -0.3 is 0 Å². The fraction of sp³-hybridized carbons (Fsp3) is 0.500. The van der Waals surface area contributed by atoms with Crippen molar-refractivity contribution in [3.63, 3.8) is 0 Å². The van der Waals surface area contributed by atoms with Gasteiger partial charge in [-0.1, -0.05) is 32.9 Å². The highest BCUT2D eigenvalue weighted by Gasteiger charge is 2.10. The molecule has 0 saturated heterocycles. The average Bonchev–Trinajstić information content (AvgIpc) is 2.28. The van der Waals surface area contributed by atoms with Crippen molar-refractivity contribution in [2.24, 2.45) is 0 Å². The molecule has 1 atom stereocenters. The zero-order chi connectivity index (χ0) is 11.3. The van der Waals surface area contributed by atoms with Crippen LogP contribution in [0.5, 0.6) is 0 Å². The molecule has 82 valence electrons. The van der Waals surface area contributed by atoms with Gasteiger partial charge in [0.2, 0.25) is 0 Å².